The molecular weight excluding hydrogens is 390 g/mol. The highest BCUT2D eigenvalue weighted by molar-refractivity contribution is 7.89. The third kappa shape index (κ3) is 3.60. The molecule has 0 amide bonds. The molecule has 1 fully saturated rings. The Morgan fingerprint density at radius 1 is 1.31 bits per heavy atom. The Kier molecular flexibility index (Phi) is 5.04. The summed E-state index contributed by atoms with van der Waals surface area (Å²) in [6.45, 7) is 8.11. The maximum absolute atomic E-state index is 13.4. The van der Waals surface area contributed by atoms with E-state index in [1.54, 1.807) is 25.4 Å². The van der Waals surface area contributed by atoms with Crippen molar-refractivity contribution in [1.29, 1.82) is 0 Å². The Bertz CT molecular complexity index is 1130. The van der Waals surface area contributed by atoms with Gasteiger partial charge in [-0.05, 0) is 52.2 Å². The van der Waals surface area contributed by atoms with Crippen molar-refractivity contribution in [2.75, 3.05) is 0 Å². The van der Waals surface area contributed by atoms with Crippen LogP contribution in [-0.4, -0.2) is 28.1 Å². The zero-order chi connectivity index (χ0) is 20.8. The van der Waals surface area contributed by atoms with Gasteiger partial charge in [0.1, 0.15) is 4.90 Å². The van der Waals surface area contributed by atoms with Crippen molar-refractivity contribution < 1.29 is 12.9 Å². The minimum atomic E-state index is -3.85. The molecule has 1 atom stereocenters. The van der Waals surface area contributed by atoms with Crippen molar-refractivity contribution in [3.8, 4) is 11.5 Å². The number of sulfonamides is 1. The van der Waals surface area contributed by atoms with Crippen molar-refractivity contribution in [3.63, 3.8) is 0 Å². The lowest BCUT2D eigenvalue weighted by Crippen LogP contribution is -2.27. The minimum Gasteiger partial charge on any atom is -0.347 e. The molecule has 0 unspecified atom stereocenters. The summed E-state index contributed by atoms with van der Waals surface area (Å²) in [7, 11) is -3.85. The molecule has 0 radical (unpaired) electrons. The standard InChI is InChI=1S/C20H25N5O3S/c1-5-25-13(3)17(20-22-19(23-28-20)15-8-9-15)18(14(25)4)29(26,27)24-12(2)16-7-6-10-21-11-16/h6-7,10-12,15,24H,5,8-9H2,1-4H3/t12-/m1/s1. The topological polar surface area (TPSA) is 103 Å². The maximum atomic E-state index is 13.4. The lowest BCUT2D eigenvalue weighted by molar-refractivity contribution is 0.421. The van der Waals surface area contributed by atoms with Gasteiger partial charge in [-0.15, -0.1) is 0 Å². The summed E-state index contributed by atoms with van der Waals surface area (Å²) in [6.07, 6.45) is 5.40. The summed E-state index contributed by atoms with van der Waals surface area (Å²) in [5.41, 5.74) is 2.72. The van der Waals surface area contributed by atoms with Crippen LogP contribution in [0.25, 0.3) is 11.5 Å². The predicted octanol–water partition coefficient (Wildman–Crippen LogP) is 3.49. The second-order valence-electron chi connectivity index (χ2n) is 7.48. The summed E-state index contributed by atoms with van der Waals surface area (Å²) in [6, 6.07) is 3.19. The summed E-state index contributed by atoms with van der Waals surface area (Å²) >= 11 is 0. The largest absolute Gasteiger partial charge is 0.347 e. The van der Waals surface area contributed by atoms with Crippen LogP contribution in [0.15, 0.2) is 33.9 Å². The van der Waals surface area contributed by atoms with E-state index in [-0.39, 0.29) is 10.8 Å². The van der Waals surface area contributed by atoms with E-state index in [4.69, 9.17) is 4.52 Å². The summed E-state index contributed by atoms with van der Waals surface area (Å²) in [5, 5.41) is 4.07. The Labute approximate surface area is 170 Å². The molecule has 0 aliphatic heterocycles. The van der Waals surface area contributed by atoms with Gasteiger partial charge in [-0.2, -0.15) is 4.98 Å². The van der Waals surface area contributed by atoms with Crippen LogP contribution < -0.4 is 4.72 Å². The maximum Gasteiger partial charge on any atom is 0.261 e. The molecule has 3 aromatic heterocycles. The fourth-order valence-corrected chi connectivity index (χ4v) is 5.47. The number of aromatic nitrogens is 4. The van der Waals surface area contributed by atoms with E-state index in [1.807, 2.05) is 31.4 Å². The van der Waals surface area contributed by atoms with Crippen LogP contribution in [0.5, 0.6) is 0 Å². The molecule has 0 saturated heterocycles. The van der Waals surface area contributed by atoms with Crippen LogP contribution in [0.4, 0.5) is 0 Å². The molecule has 0 aromatic carbocycles. The lowest BCUT2D eigenvalue weighted by Gasteiger charge is -2.15. The second-order valence-corrected chi connectivity index (χ2v) is 9.13. The summed E-state index contributed by atoms with van der Waals surface area (Å²) in [4.78, 5) is 8.78. The fraction of sp³-hybridized carbons (Fsp3) is 0.450. The normalized spacial score (nSPS) is 15.6. The Balaban J connectivity index is 1.79. The molecule has 8 nitrogen and oxygen atoms in total. The monoisotopic (exact) mass is 415 g/mol. The molecule has 3 aromatic rings. The zero-order valence-electron chi connectivity index (χ0n) is 17.0. The van der Waals surface area contributed by atoms with Gasteiger partial charge >= 0.3 is 0 Å². The average Bonchev–Trinajstić information content (AvgIpc) is 3.37. The molecule has 29 heavy (non-hydrogen) atoms. The van der Waals surface area contributed by atoms with Gasteiger partial charge in [0.15, 0.2) is 5.82 Å². The van der Waals surface area contributed by atoms with Crippen molar-refractivity contribution in [1.82, 2.24) is 24.4 Å². The van der Waals surface area contributed by atoms with Crippen LogP contribution in [0, 0.1) is 13.8 Å². The van der Waals surface area contributed by atoms with Crippen LogP contribution in [0.3, 0.4) is 0 Å². The third-order valence-corrected chi connectivity index (χ3v) is 7.13. The highest BCUT2D eigenvalue weighted by atomic mass is 32.2. The zero-order valence-corrected chi connectivity index (χ0v) is 17.8. The highest BCUT2D eigenvalue weighted by Gasteiger charge is 2.34. The predicted molar refractivity (Wildman–Crippen MR) is 108 cm³/mol. The summed E-state index contributed by atoms with van der Waals surface area (Å²) < 4.78 is 37.1. The minimum absolute atomic E-state index is 0.193. The van der Waals surface area contributed by atoms with E-state index >= 15 is 0 Å². The molecule has 1 aliphatic rings. The fourth-order valence-electron chi connectivity index (χ4n) is 3.74. The van der Waals surface area contributed by atoms with Gasteiger partial charge in [-0.1, -0.05) is 11.2 Å². The van der Waals surface area contributed by atoms with Gasteiger partial charge in [0.05, 0.1) is 5.56 Å². The first-order valence-corrected chi connectivity index (χ1v) is 11.3. The third-order valence-electron chi connectivity index (χ3n) is 5.43. The molecule has 1 saturated carbocycles. The van der Waals surface area contributed by atoms with Crippen molar-refractivity contribution >= 4 is 10.0 Å². The van der Waals surface area contributed by atoms with E-state index in [9.17, 15) is 8.42 Å². The van der Waals surface area contributed by atoms with E-state index in [0.717, 1.165) is 24.1 Å². The smallest absolute Gasteiger partial charge is 0.261 e. The van der Waals surface area contributed by atoms with Gasteiger partial charge in [-0.25, -0.2) is 13.1 Å². The number of nitrogens with one attached hydrogen (secondary N) is 1. The SMILES string of the molecule is CCn1c(C)c(-c2nc(C3CC3)no2)c(S(=O)(=O)N[C@H](C)c2cccnc2)c1C. The van der Waals surface area contributed by atoms with Crippen LogP contribution >= 0.6 is 0 Å². The Morgan fingerprint density at radius 3 is 2.69 bits per heavy atom. The average molecular weight is 416 g/mol. The molecule has 154 valence electrons. The molecule has 1 aliphatic carbocycles. The molecule has 0 bridgehead atoms. The molecule has 0 spiro atoms. The number of hydrogen-bond donors (Lipinski definition) is 1. The molecule has 3 heterocycles. The molecule has 9 heteroatoms. The Hall–Kier alpha value is -2.52. The number of rotatable bonds is 7. The van der Waals surface area contributed by atoms with E-state index in [0.29, 0.717) is 29.5 Å². The van der Waals surface area contributed by atoms with Crippen LogP contribution in [-0.2, 0) is 16.6 Å². The Morgan fingerprint density at radius 2 is 2.07 bits per heavy atom. The van der Waals surface area contributed by atoms with Crippen LogP contribution in [0.1, 0.15) is 61.4 Å². The van der Waals surface area contributed by atoms with Gasteiger partial charge < -0.3 is 9.09 Å². The first kappa shape index (κ1) is 19.8. The van der Waals surface area contributed by atoms with Gasteiger partial charge in [-0.3, -0.25) is 4.98 Å². The first-order valence-electron chi connectivity index (χ1n) is 9.79. The van der Waals surface area contributed by atoms with Crippen molar-refractivity contribution in [2.24, 2.45) is 0 Å². The number of pyridine rings is 1. The van der Waals surface area contributed by atoms with Crippen molar-refractivity contribution in [3.05, 3.63) is 47.3 Å². The van der Waals surface area contributed by atoms with Crippen LogP contribution in [0.2, 0.25) is 0 Å². The van der Waals surface area contributed by atoms with Crippen molar-refractivity contribution in [2.45, 2.75) is 63.9 Å². The quantitative estimate of drug-likeness (QED) is 0.634. The second kappa shape index (κ2) is 7.38. The van der Waals surface area contributed by atoms with E-state index in [2.05, 4.69) is 19.8 Å². The highest BCUT2D eigenvalue weighted by Crippen LogP contribution is 2.41. The van der Waals surface area contributed by atoms with E-state index < -0.39 is 16.1 Å². The molecule has 1 N–H and O–H groups in total. The van der Waals surface area contributed by atoms with Gasteiger partial charge in [0, 0.05) is 42.3 Å². The molecule has 4 rings (SSSR count). The van der Waals surface area contributed by atoms with Gasteiger partial charge in [0.25, 0.3) is 5.89 Å². The van der Waals surface area contributed by atoms with Gasteiger partial charge in [0.2, 0.25) is 10.0 Å². The molecular formula is C20H25N5O3S. The summed E-state index contributed by atoms with van der Waals surface area (Å²) in [5.74, 6) is 1.24. The first-order chi connectivity index (χ1) is 13.8. The number of nitrogens with zero attached hydrogens (tertiary/aromatic N) is 4. The number of hydrogen-bond acceptors (Lipinski definition) is 6. The lowest BCUT2D eigenvalue weighted by atomic mass is 10.2. The van der Waals surface area contributed by atoms with E-state index in [1.165, 1.54) is 0 Å².